The van der Waals surface area contributed by atoms with Gasteiger partial charge < -0.3 is 14.8 Å². The molecule has 2 aromatic rings. The first-order chi connectivity index (χ1) is 13.1. The fourth-order valence-corrected chi connectivity index (χ4v) is 3.62. The summed E-state index contributed by atoms with van der Waals surface area (Å²) in [5.41, 5.74) is 3.41. The maximum Gasteiger partial charge on any atom is 0.224 e. The second-order valence-electron chi connectivity index (χ2n) is 7.29. The number of ether oxygens (including phenoxy) is 2. The minimum Gasteiger partial charge on any atom is -0.494 e. The van der Waals surface area contributed by atoms with Gasteiger partial charge in [0.15, 0.2) is 0 Å². The highest BCUT2D eigenvalue weighted by atomic mass is 16.5. The van der Waals surface area contributed by atoms with E-state index in [1.165, 1.54) is 11.1 Å². The zero-order chi connectivity index (χ0) is 19.1. The summed E-state index contributed by atoms with van der Waals surface area (Å²) in [6, 6.07) is 16.4. The Balaban J connectivity index is 1.67. The van der Waals surface area contributed by atoms with Crippen LogP contribution < -0.4 is 10.1 Å². The molecule has 0 aromatic heterocycles. The molecule has 4 nitrogen and oxygen atoms in total. The number of nitrogens with one attached hydrogen (secondary N) is 1. The third-order valence-corrected chi connectivity index (χ3v) is 5.34. The second-order valence-corrected chi connectivity index (χ2v) is 7.29. The van der Waals surface area contributed by atoms with E-state index < -0.39 is 0 Å². The highest BCUT2D eigenvalue weighted by Gasteiger charge is 2.34. The summed E-state index contributed by atoms with van der Waals surface area (Å²) in [6.07, 6.45) is 2.23. The van der Waals surface area contributed by atoms with E-state index in [0.717, 1.165) is 37.4 Å². The number of carbonyl (C=O) groups is 1. The maximum absolute atomic E-state index is 12.5. The fourth-order valence-electron chi connectivity index (χ4n) is 3.62. The van der Waals surface area contributed by atoms with Crippen LogP contribution >= 0.6 is 0 Å². The van der Waals surface area contributed by atoms with Crippen molar-refractivity contribution in [3.8, 4) is 5.75 Å². The van der Waals surface area contributed by atoms with Crippen LogP contribution in [0.25, 0.3) is 0 Å². The van der Waals surface area contributed by atoms with E-state index in [0.29, 0.717) is 19.6 Å². The zero-order valence-electron chi connectivity index (χ0n) is 16.3. The highest BCUT2D eigenvalue weighted by Crippen LogP contribution is 2.35. The highest BCUT2D eigenvalue weighted by molar-refractivity contribution is 5.78. The van der Waals surface area contributed by atoms with E-state index in [1.54, 1.807) is 0 Å². The average molecular weight is 367 g/mol. The van der Waals surface area contributed by atoms with Gasteiger partial charge in [0.1, 0.15) is 5.75 Å². The molecule has 1 N–H and O–H groups in total. The molecule has 1 aliphatic heterocycles. The molecule has 1 aliphatic rings. The monoisotopic (exact) mass is 367 g/mol. The van der Waals surface area contributed by atoms with E-state index in [-0.39, 0.29) is 11.3 Å². The lowest BCUT2D eigenvalue weighted by Gasteiger charge is -2.38. The Morgan fingerprint density at radius 2 is 1.74 bits per heavy atom. The van der Waals surface area contributed by atoms with Crippen LogP contribution in [-0.2, 0) is 21.4 Å². The van der Waals surface area contributed by atoms with Gasteiger partial charge in [0.05, 0.1) is 13.0 Å². The smallest absolute Gasteiger partial charge is 0.224 e. The quantitative estimate of drug-likeness (QED) is 0.810. The molecule has 0 saturated carbocycles. The van der Waals surface area contributed by atoms with Crippen LogP contribution in [-0.4, -0.2) is 32.3 Å². The average Bonchev–Trinajstić information content (AvgIpc) is 2.70. The lowest BCUT2D eigenvalue weighted by atomic mass is 9.74. The second kappa shape index (κ2) is 9.05. The van der Waals surface area contributed by atoms with E-state index in [9.17, 15) is 4.79 Å². The van der Waals surface area contributed by atoms with E-state index in [2.05, 4.69) is 24.4 Å². The lowest BCUT2D eigenvalue weighted by Crippen LogP contribution is -2.45. The summed E-state index contributed by atoms with van der Waals surface area (Å²) in [7, 11) is 0. The summed E-state index contributed by atoms with van der Waals surface area (Å²) in [5, 5.41) is 3.17. The number of rotatable bonds is 7. The molecule has 1 saturated heterocycles. The van der Waals surface area contributed by atoms with Gasteiger partial charge in [-0.2, -0.15) is 0 Å². The molecule has 0 bridgehead atoms. The van der Waals surface area contributed by atoms with Gasteiger partial charge in [0.2, 0.25) is 5.91 Å². The largest absolute Gasteiger partial charge is 0.494 e. The molecule has 0 unspecified atom stereocenters. The van der Waals surface area contributed by atoms with Gasteiger partial charge in [-0.25, -0.2) is 0 Å². The summed E-state index contributed by atoms with van der Waals surface area (Å²) in [6.45, 7) is 6.78. The van der Waals surface area contributed by atoms with Crippen LogP contribution in [0.4, 0.5) is 0 Å². The Morgan fingerprint density at radius 3 is 2.37 bits per heavy atom. The van der Waals surface area contributed by atoms with Gasteiger partial charge >= 0.3 is 0 Å². The van der Waals surface area contributed by atoms with Crippen LogP contribution in [0.15, 0.2) is 48.5 Å². The Hall–Kier alpha value is -2.33. The van der Waals surface area contributed by atoms with Gasteiger partial charge in [-0.15, -0.1) is 0 Å². The van der Waals surface area contributed by atoms with Crippen LogP contribution in [0.2, 0.25) is 0 Å². The Kier molecular flexibility index (Phi) is 6.51. The van der Waals surface area contributed by atoms with Crippen molar-refractivity contribution in [2.45, 2.75) is 38.5 Å². The van der Waals surface area contributed by atoms with Gasteiger partial charge in [0.25, 0.3) is 0 Å². The first-order valence-electron chi connectivity index (χ1n) is 9.75. The van der Waals surface area contributed by atoms with Crippen molar-refractivity contribution in [3.63, 3.8) is 0 Å². The number of hydrogen-bond acceptors (Lipinski definition) is 3. The van der Waals surface area contributed by atoms with Crippen molar-refractivity contribution < 1.29 is 14.3 Å². The Bertz CT molecular complexity index is 731. The molecule has 0 spiro atoms. The van der Waals surface area contributed by atoms with Crippen molar-refractivity contribution in [2.75, 3.05) is 26.4 Å². The molecule has 3 rings (SSSR count). The standard InChI is InChI=1S/C23H29NO3/c1-3-27-21-10-8-20(9-11-21)23(12-14-26-15-13-23)17-24-22(25)16-19-6-4-18(2)5-7-19/h4-11H,3,12-17H2,1-2H3,(H,24,25). The van der Waals surface area contributed by atoms with Crippen molar-refractivity contribution in [2.24, 2.45) is 0 Å². The molecule has 0 radical (unpaired) electrons. The van der Waals surface area contributed by atoms with Crippen LogP contribution in [0.5, 0.6) is 5.75 Å². The number of carbonyl (C=O) groups excluding carboxylic acids is 1. The molecule has 4 heteroatoms. The van der Waals surface area contributed by atoms with Crippen LogP contribution in [0.3, 0.4) is 0 Å². The van der Waals surface area contributed by atoms with E-state index in [4.69, 9.17) is 9.47 Å². The number of benzene rings is 2. The topological polar surface area (TPSA) is 47.6 Å². The van der Waals surface area contributed by atoms with E-state index in [1.807, 2.05) is 43.3 Å². The zero-order valence-corrected chi connectivity index (χ0v) is 16.3. The molecule has 0 atom stereocenters. The predicted molar refractivity (Wildman–Crippen MR) is 107 cm³/mol. The molecule has 2 aromatic carbocycles. The van der Waals surface area contributed by atoms with Crippen molar-refractivity contribution in [1.29, 1.82) is 0 Å². The van der Waals surface area contributed by atoms with E-state index >= 15 is 0 Å². The van der Waals surface area contributed by atoms with Gasteiger partial charge in [-0.05, 0) is 49.9 Å². The number of hydrogen-bond donors (Lipinski definition) is 1. The summed E-state index contributed by atoms with van der Waals surface area (Å²) >= 11 is 0. The van der Waals surface area contributed by atoms with Crippen LogP contribution in [0, 0.1) is 6.92 Å². The number of aryl methyl sites for hydroxylation is 1. The van der Waals surface area contributed by atoms with Crippen LogP contribution in [0.1, 0.15) is 36.5 Å². The van der Waals surface area contributed by atoms with Gasteiger partial charge in [0, 0.05) is 25.2 Å². The molecule has 1 amide bonds. The first kappa shape index (κ1) is 19.4. The summed E-state index contributed by atoms with van der Waals surface area (Å²) < 4.78 is 11.1. The summed E-state index contributed by atoms with van der Waals surface area (Å²) in [5.74, 6) is 0.947. The minimum absolute atomic E-state index is 0.0654. The number of amides is 1. The predicted octanol–water partition coefficient (Wildman–Crippen LogP) is 3.80. The normalized spacial score (nSPS) is 15.9. The SMILES string of the molecule is CCOc1ccc(C2(CNC(=O)Cc3ccc(C)cc3)CCOCC2)cc1. The molecule has 1 fully saturated rings. The van der Waals surface area contributed by atoms with Crippen molar-refractivity contribution in [3.05, 3.63) is 65.2 Å². The van der Waals surface area contributed by atoms with Crippen molar-refractivity contribution in [1.82, 2.24) is 5.32 Å². The summed E-state index contributed by atoms with van der Waals surface area (Å²) in [4.78, 5) is 12.5. The van der Waals surface area contributed by atoms with Gasteiger partial charge in [-0.3, -0.25) is 4.79 Å². The molecular weight excluding hydrogens is 338 g/mol. The molecule has 27 heavy (non-hydrogen) atoms. The Labute approximate surface area is 161 Å². The third-order valence-electron chi connectivity index (χ3n) is 5.34. The van der Waals surface area contributed by atoms with Crippen molar-refractivity contribution >= 4 is 5.91 Å². The fraction of sp³-hybridized carbons (Fsp3) is 0.435. The first-order valence-corrected chi connectivity index (χ1v) is 9.75. The third kappa shape index (κ3) is 5.10. The molecule has 1 heterocycles. The lowest BCUT2D eigenvalue weighted by molar-refractivity contribution is -0.120. The molecular formula is C23H29NO3. The Morgan fingerprint density at radius 1 is 1.07 bits per heavy atom. The maximum atomic E-state index is 12.5. The minimum atomic E-state index is -0.0774. The van der Waals surface area contributed by atoms with Gasteiger partial charge in [-0.1, -0.05) is 42.0 Å². The molecule has 144 valence electrons. The molecule has 0 aliphatic carbocycles.